The molecule has 2 aromatic carbocycles. The fraction of sp³-hybridized carbons (Fsp3) is 0.348. The predicted octanol–water partition coefficient (Wildman–Crippen LogP) is 5.47. The molecule has 140 valence electrons. The average molecular weight is 381 g/mol. The number of piperidine rings is 1. The third-order valence-corrected chi connectivity index (χ3v) is 5.87. The Labute approximate surface area is 165 Å². The number of carbonyl (C=O) groups is 1. The van der Waals surface area contributed by atoms with Gasteiger partial charge in [-0.2, -0.15) is 0 Å². The van der Waals surface area contributed by atoms with Crippen LogP contribution in [-0.4, -0.2) is 28.9 Å². The highest BCUT2D eigenvalue weighted by Crippen LogP contribution is 2.31. The maximum atomic E-state index is 12.6. The van der Waals surface area contributed by atoms with Crippen molar-refractivity contribution >= 4 is 28.4 Å². The molecule has 1 amide bonds. The Morgan fingerprint density at radius 2 is 1.85 bits per heavy atom. The van der Waals surface area contributed by atoms with Crippen molar-refractivity contribution in [1.29, 1.82) is 0 Å². The number of halogens is 1. The first-order valence-corrected chi connectivity index (χ1v) is 10.1. The SMILES string of the molecule is Cc1ccc(CCC(=O)N2CCC(c3cc4cc(Cl)ccc4[nH]3)CC2)cc1. The Morgan fingerprint density at radius 3 is 2.59 bits per heavy atom. The summed E-state index contributed by atoms with van der Waals surface area (Å²) in [6, 6.07) is 16.6. The second-order valence-corrected chi connectivity index (χ2v) is 8.03. The van der Waals surface area contributed by atoms with Crippen molar-refractivity contribution in [3.63, 3.8) is 0 Å². The van der Waals surface area contributed by atoms with E-state index >= 15 is 0 Å². The largest absolute Gasteiger partial charge is 0.358 e. The van der Waals surface area contributed by atoms with Crippen molar-refractivity contribution < 1.29 is 4.79 Å². The molecule has 1 aliphatic heterocycles. The zero-order valence-corrected chi connectivity index (χ0v) is 16.4. The fourth-order valence-corrected chi connectivity index (χ4v) is 4.13. The molecule has 0 spiro atoms. The normalized spacial score (nSPS) is 15.4. The summed E-state index contributed by atoms with van der Waals surface area (Å²) in [4.78, 5) is 18.1. The quantitative estimate of drug-likeness (QED) is 0.640. The minimum Gasteiger partial charge on any atom is -0.358 e. The van der Waals surface area contributed by atoms with Crippen LogP contribution in [0.25, 0.3) is 10.9 Å². The fourth-order valence-electron chi connectivity index (χ4n) is 3.95. The number of aryl methyl sites for hydroxylation is 2. The van der Waals surface area contributed by atoms with Gasteiger partial charge in [0.25, 0.3) is 0 Å². The van der Waals surface area contributed by atoms with Gasteiger partial charge in [-0.05, 0) is 56.0 Å². The Hall–Kier alpha value is -2.26. The second-order valence-electron chi connectivity index (χ2n) is 7.60. The molecule has 3 nitrogen and oxygen atoms in total. The maximum Gasteiger partial charge on any atom is 0.222 e. The van der Waals surface area contributed by atoms with E-state index in [2.05, 4.69) is 42.2 Å². The number of hydrogen-bond donors (Lipinski definition) is 1. The Balaban J connectivity index is 1.32. The number of rotatable bonds is 4. The third kappa shape index (κ3) is 4.19. The molecule has 0 bridgehead atoms. The average Bonchev–Trinajstić information content (AvgIpc) is 3.10. The molecule has 1 saturated heterocycles. The van der Waals surface area contributed by atoms with Crippen molar-refractivity contribution in [1.82, 2.24) is 9.88 Å². The minimum atomic E-state index is 0.275. The van der Waals surface area contributed by atoms with Crippen LogP contribution in [0.4, 0.5) is 0 Å². The molecule has 4 rings (SSSR count). The van der Waals surface area contributed by atoms with Gasteiger partial charge in [-0.25, -0.2) is 0 Å². The number of nitrogens with zero attached hydrogens (tertiary/aromatic N) is 1. The van der Waals surface area contributed by atoms with Gasteiger partial charge < -0.3 is 9.88 Å². The van der Waals surface area contributed by atoms with Crippen LogP contribution in [0.2, 0.25) is 5.02 Å². The summed E-state index contributed by atoms with van der Waals surface area (Å²) in [5.74, 6) is 0.759. The van der Waals surface area contributed by atoms with Crippen LogP contribution in [0.5, 0.6) is 0 Å². The Bertz CT molecular complexity index is 937. The van der Waals surface area contributed by atoms with E-state index < -0.39 is 0 Å². The lowest BCUT2D eigenvalue weighted by atomic mass is 9.93. The predicted molar refractivity (Wildman–Crippen MR) is 111 cm³/mol. The van der Waals surface area contributed by atoms with Crippen molar-refractivity contribution in [2.24, 2.45) is 0 Å². The second kappa shape index (κ2) is 7.77. The van der Waals surface area contributed by atoms with Gasteiger partial charge in [0.05, 0.1) is 0 Å². The van der Waals surface area contributed by atoms with Crippen LogP contribution >= 0.6 is 11.6 Å². The number of likely N-dealkylation sites (tertiary alicyclic amines) is 1. The molecule has 3 aromatic rings. The number of aromatic nitrogens is 1. The van der Waals surface area contributed by atoms with Crippen molar-refractivity contribution in [2.75, 3.05) is 13.1 Å². The van der Waals surface area contributed by atoms with Crippen molar-refractivity contribution in [2.45, 2.75) is 38.5 Å². The Morgan fingerprint density at radius 1 is 1.11 bits per heavy atom. The van der Waals surface area contributed by atoms with Gasteiger partial charge in [-0.15, -0.1) is 0 Å². The smallest absolute Gasteiger partial charge is 0.222 e. The third-order valence-electron chi connectivity index (χ3n) is 5.64. The highest BCUT2D eigenvalue weighted by molar-refractivity contribution is 6.31. The topological polar surface area (TPSA) is 36.1 Å². The highest BCUT2D eigenvalue weighted by Gasteiger charge is 2.24. The van der Waals surface area contributed by atoms with Gasteiger partial charge in [-0.1, -0.05) is 41.4 Å². The summed E-state index contributed by atoms with van der Waals surface area (Å²) in [5.41, 5.74) is 4.89. The minimum absolute atomic E-state index is 0.275. The number of H-pyrrole nitrogens is 1. The van der Waals surface area contributed by atoms with Crippen LogP contribution in [0.1, 0.15) is 42.0 Å². The van der Waals surface area contributed by atoms with E-state index in [1.165, 1.54) is 16.8 Å². The zero-order chi connectivity index (χ0) is 18.8. The summed E-state index contributed by atoms with van der Waals surface area (Å²) in [6.07, 6.45) is 3.44. The number of nitrogens with one attached hydrogen (secondary N) is 1. The number of fused-ring (bicyclic) bond motifs is 1. The summed E-state index contributed by atoms with van der Waals surface area (Å²) >= 11 is 6.09. The van der Waals surface area contributed by atoms with E-state index in [9.17, 15) is 4.79 Å². The molecule has 1 fully saturated rings. The van der Waals surface area contributed by atoms with Crippen molar-refractivity contribution in [3.05, 3.63) is 70.4 Å². The van der Waals surface area contributed by atoms with Crippen molar-refractivity contribution in [3.8, 4) is 0 Å². The van der Waals surface area contributed by atoms with Crippen LogP contribution in [0.3, 0.4) is 0 Å². The van der Waals surface area contributed by atoms with Gasteiger partial charge in [0.2, 0.25) is 5.91 Å². The van der Waals surface area contributed by atoms with E-state index in [-0.39, 0.29) is 5.91 Å². The molecule has 0 unspecified atom stereocenters. The molecule has 27 heavy (non-hydrogen) atoms. The summed E-state index contributed by atoms with van der Waals surface area (Å²) in [5, 5.41) is 1.93. The van der Waals surface area contributed by atoms with Gasteiger partial charge in [0, 0.05) is 47.0 Å². The molecule has 0 atom stereocenters. The summed E-state index contributed by atoms with van der Waals surface area (Å²) in [7, 11) is 0. The van der Waals surface area contributed by atoms with Crippen LogP contribution in [-0.2, 0) is 11.2 Å². The molecule has 1 aromatic heterocycles. The van der Waals surface area contributed by atoms with Gasteiger partial charge in [0.1, 0.15) is 0 Å². The molecular weight excluding hydrogens is 356 g/mol. The number of amides is 1. The Kier molecular flexibility index (Phi) is 5.22. The first-order chi connectivity index (χ1) is 13.1. The van der Waals surface area contributed by atoms with Crippen LogP contribution in [0, 0.1) is 6.92 Å². The molecule has 0 aliphatic carbocycles. The van der Waals surface area contributed by atoms with E-state index in [0.29, 0.717) is 12.3 Å². The molecule has 0 radical (unpaired) electrons. The van der Waals surface area contributed by atoms with Gasteiger partial charge in [-0.3, -0.25) is 4.79 Å². The number of benzene rings is 2. The molecule has 1 aliphatic rings. The molecule has 0 saturated carbocycles. The van der Waals surface area contributed by atoms with E-state index in [1.54, 1.807) is 0 Å². The lowest BCUT2D eigenvalue weighted by Gasteiger charge is -2.31. The van der Waals surface area contributed by atoms with Gasteiger partial charge in [0.15, 0.2) is 0 Å². The molecule has 4 heteroatoms. The van der Waals surface area contributed by atoms with E-state index in [0.717, 1.165) is 48.3 Å². The lowest BCUT2D eigenvalue weighted by Crippen LogP contribution is -2.38. The van der Waals surface area contributed by atoms with E-state index in [1.807, 2.05) is 23.1 Å². The van der Waals surface area contributed by atoms with E-state index in [4.69, 9.17) is 11.6 Å². The monoisotopic (exact) mass is 380 g/mol. The standard InChI is InChI=1S/C23H25ClN2O/c1-16-2-4-17(5-3-16)6-9-23(27)26-12-10-18(11-13-26)22-15-19-14-20(24)7-8-21(19)25-22/h2-5,7-8,14-15,18,25H,6,9-13H2,1H3. The summed E-state index contributed by atoms with van der Waals surface area (Å²) < 4.78 is 0. The highest BCUT2D eigenvalue weighted by atomic mass is 35.5. The number of hydrogen-bond acceptors (Lipinski definition) is 1. The first kappa shape index (κ1) is 18.1. The van der Waals surface area contributed by atoms with Crippen LogP contribution in [0.15, 0.2) is 48.5 Å². The molecule has 1 N–H and O–H groups in total. The molecule has 2 heterocycles. The number of carbonyl (C=O) groups excluding carboxylic acids is 1. The molecular formula is C23H25ClN2O. The lowest BCUT2D eigenvalue weighted by molar-refractivity contribution is -0.132. The zero-order valence-electron chi connectivity index (χ0n) is 15.7. The van der Waals surface area contributed by atoms with Gasteiger partial charge >= 0.3 is 0 Å². The summed E-state index contributed by atoms with van der Waals surface area (Å²) in [6.45, 7) is 3.77. The maximum absolute atomic E-state index is 12.6. The number of aromatic amines is 1. The first-order valence-electron chi connectivity index (χ1n) is 9.70. The van der Waals surface area contributed by atoms with Crippen LogP contribution < -0.4 is 0 Å².